The van der Waals surface area contributed by atoms with Crippen molar-refractivity contribution in [1.82, 2.24) is 20.9 Å². The molecule has 224 valence electrons. The van der Waals surface area contributed by atoms with Crippen LogP contribution in [0.4, 0.5) is 0 Å². The minimum atomic E-state index is -1.19. The number of likely N-dealkylation sites (N-methyl/N-ethyl adjacent to an activating group) is 1. The maximum Gasteiger partial charge on any atom is 0.246 e. The highest BCUT2D eigenvalue weighted by atomic mass is 16.5. The fraction of sp³-hybridized carbons (Fsp3) is 0.531. The van der Waals surface area contributed by atoms with Crippen molar-refractivity contribution in [2.75, 3.05) is 20.2 Å². The minimum absolute atomic E-state index is 0.0846. The first-order chi connectivity index (χ1) is 19.5. The van der Waals surface area contributed by atoms with Gasteiger partial charge < -0.3 is 30.7 Å². The van der Waals surface area contributed by atoms with Gasteiger partial charge in [-0.25, -0.2) is 0 Å². The maximum absolute atomic E-state index is 13.7. The Labute approximate surface area is 244 Å². The number of aliphatic hydroxyl groups is 1. The van der Waals surface area contributed by atoms with E-state index >= 15 is 0 Å². The second-order valence-corrected chi connectivity index (χ2v) is 11.4. The molecule has 3 rings (SSSR count). The van der Waals surface area contributed by atoms with Gasteiger partial charge in [-0.3, -0.25) is 14.4 Å². The molecule has 0 bridgehead atoms. The van der Waals surface area contributed by atoms with Gasteiger partial charge in [0.15, 0.2) is 0 Å². The lowest BCUT2D eigenvalue weighted by Gasteiger charge is -2.35. The summed E-state index contributed by atoms with van der Waals surface area (Å²) >= 11 is 0. The van der Waals surface area contributed by atoms with Gasteiger partial charge in [-0.15, -0.1) is 0 Å². The number of hydrogen-bond acceptors (Lipinski definition) is 6. The number of ether oxygens (including phenoxy) is 1. The number of fused-ring (bicyclic) bond motifs is 1. The van der Waals surface area contributed by atoms with Crippen molar-refractivity contribution in [2.45, 2.75) is 83.6 Å². The van der Waals surface area contributed by atoms with Crippen molar-refractivity contribution in [3.8, 4) is 5.75 Å². The van der Waals surface area contributed by atoms with Gasteiger partial charge in [0.25, 0.3) is 0 Å². The molecule has 0 saturated heterocycles. The molecule has 2 aromatic rings. The van der Waals surface area contributed by atoms with Crippen LogP contribution in [0.3, 0.4) is 0 Å². The minimum Gasteiger partial charge on any atom is -0.492 e. The van der Waals surface area contributed by atoms with E-state index in [0.717, 1.165) is 16.9 Å². The molecule has 1 aliphatic heterocycles. The summed E-state index contributed by atoms with van der Waals surface area (Å²) in [5, 5.41) is 19.9. The third kappa shape index (κ3) is 8.53. The van der Waals surface area contributed by atoms with Crippen LogP contribution in [0.15, 0.2) is 54.6 Å². The van der Waals surface area contributed by atoms with Crippen LogP contribution in [-0.4, -0.2) is 78.2 Å². The number of nitrogens with zero attached hydrogens (tertiary/aromatic N) is 1. The first-order valence-electron chi connectivity index (χ1n) is 14.6. The lowest BCUT2D eigenvalue weighted by Crippen LogP contribution is -2.61. The van der Waals surface area contributed by atoms with Gasteiger partial charge in [0.2, 0.25) is 17.7 Å². The molecule has 0 spiro atoms. The van der Waals surface area contributed by atoms with Gasteiger partial charge in [-0.1, -0.05) is 69.3 Å². The molecule has 1 heterocycles. The third-order valence-corrected chi connectivity index (χ3v) is 7.76. The van der Waals surface area contributed by atoms with Crippen molar-refractivity contribution >= 4 is 17.7 Å². The van der Waals surface area contributed by atoms with Crippen molar-refractivity contribution in [3.63, 3.8) is 0 Å². The molecule has 1 unspecified atom stereocenters. The van der Waals surface area contributed by atoms with Crippen LogP contribution in [0.5, 0.6) is 5.75 Å². The van der Waals surface area contributed by atoms with Crippen LogP contribution < -0.4 is 20.7 Å². The van der Waals surface area contributed by atoms with E-state index in [2.05, 4.69) is 16.0 Å². The summed E-state index contributed by atoms with van der Waals surface area (Å²) in [6.07, 6.45) is 0.198. The number of carbonyl (C=O) groups excluding carboxylic acids is 3. The largest absolute Gasteiger partial charge is 0.492 e. The van der Waals surface area contributed by atoms with Crippen LogP contribution in [0.1, 0.15) is 58.1 Å². The van der Waals surface area contributed by atoms with Crippen molar-refractivity contribution in [2.24, 2.45) is 5.92 Å². The van der Waals surface area contributed by atoms with Crippen LogP contribution in [0.25, 0.3) is 0 Å². The van der Waals surface area contributed by atoms with Crippen LogP contribution in [-0.2, 0) is 20.8 Å². The zero-order valence-electron chi connectivity index (χ0n) is 25.1. The second kappa shape index (κ2) is 15.0. The number of hydrogen-bond donors (Lipinski definition) is 4. The highest BCUT2D eigenvalue weighted by molar-refractivity contribution is 5.94. The Hall–Kier alpha value is -3.43. The van der Waals surface area contributed by atoms with Crippen molar-refractivity contribution in [3.05, 3.63) is 65.7 Å². The molecule has 0 aliphatic carbocycles. The number of rotatable bonds is 4. The smallest absolute Gasteiger partial charge is 0.246 e. The molecule has 0 saturated carbocycles. The van der Waals surface area contributed by atoms with Gasteiger partial charge in [0.05, 0.1) is 12.1 Å². The number of carbonyl (C=O) groups is 3. The number of aliphatic hydroxyl groups excluding tert-OH is 1. The molecular formula is C32H46N4O5. The predicted octanol–water partition coefficient (Wildman–Crippen LogP) is 2.63. The Bertz CT molecular complexity index is 1160. The molecule has 3 amide bonds. The highest BCUT2D eigenvalue weighted by Crippen LogP contribution is 2.22. The van der Waals surface area contributed by atoms with Gasteiger partial charge in [-0.05, 0) is 49.8 Å². The van der Waals surface area contributed by atoms with E-state index in [1.165, 1.54) is 18.9 Å². The Morgan fingerprint density at radius 1 is 0.902 bits per heavy atom. The average molecular weight is 567 g/mol. The number of para-hydroxylation sites is 1. The first kappa shape index (κ1) is 32.1. The van der Waals surface area contributed by atoms with E-state index < -0.39 is 30.1 Å². The molecule has 9 nitrogen and oxygen atoms in total. The Balaban J connectivity index is 1.98. The zero-order valence-corrected chi connectivity index (χ0v) is 25.1. The van der Waals surface area contributed by atoms with E-state index in [9.17, 15) is 19.5 Å². The van der Waals surface area contributed by atoms with E-state index in [1.807, 2.05) is 82.3 Å². The molecule has 0 fully saturated rings. The normalized spacial score (nSPS) is 25.2. The second-order valence-electron chi connectivity index (χ2n) is 11.4. The first-order valence-corrected chi connectivity index (χ1v) is 14.6. The van der Waals surface area contributed by atoms with E-state index in [4.69, 9.17) is 4.74 Å². The van der Waals surface area contributed by atoms with E-state index in [-0.39, 0.29) is 29.7 Å². The quantitative estimate of drug-likeness (QED) is 0.452. The zero-order chi connectivity index (χ0) is 30.1. The summed E-state index contributed by atoms with van der Waals surface area (Å²) in [5.74, 6) is -0.921. The molecule has 41 heavy (non-hydrogen) atoms. The molecule has 1 aliphatic rings. The third-order valence-electron chi connectivity index (χ3n) is 7.76. The van der Waals surface area contributed by atoms with Gasteiger partial charge in [-0.2, -0.15) is 0 Å². The monoisotopic (exact) mass is 566 g/mol. The molecule has 4 N–H and O–H groups in total. The van der Waals surface area contributed by atoms with Crippen molar-refractivity contribution in [1.29, 1.82) is 0 Å². The summed E-state index contributed by atoms with van der Waals surface area (Å²) in [5.41, 5.74) is 1.92. The lowest BCUT2D eigenvalue weighted by atomic mass is 9.91. The fourth-order valence-corrected chi connectivity index (χ4v) is 5.29. The summed E-state index contributed by atoms with van der Waals surface area (Å²) in [6, 6.07) is 14.4. The summed E-state index contributed by atoms with van der Waals surface area (Å²) in [7, 11) is 1.51. The Kier molecular flexibility index (Phi) is 11.7. The molecule has 0 aromatic heterocycles. The number of nitrogens with one attached hydrogen (secondary N) is 3. The van der Waals surface area contributed by atoms with Crippen molar-refractivity contribution < 1.29 is 24.2 Å². The number of benzene rings is 2. The topological polar surface area (TPSA) is 120 Å². The summed E-state index contributed by atoms with van der Waals surface area (Å²) < 4.78 is 6.07. The van der Waals surface area contributed by atoms with Gasteiger partial charge >= 0.3 is 0 Å². The summed E-state index contributed by atoms with van der Waals surface area (Å²) in [6.45, 7) is 9.91. The number of aryl methyl sites for hydroxylation is 1. The van der Waals surface area contributed by atoms with E-state index in [0.29, 0.717) is 26.0 Å². The molecule has 6 atom stereocenters. The standard InChI is InChI=1S/C32H46N4O5/c1-20(2)27-32(40)36(6)29(23(5)37)31(39)35-28(22(4)24-12-8-7-9-13-24)30(38)34-21(3)16-17-25-14-10-11-15-26(25)41-19-18-33-27/h7-15,20-23,27-29,33,37H,16-19H2,1-6H3,(H,34,38)(H,35,39)/t21-,22+,23?,27+,28-,29+/m1/s1. The van der Waals surface area contributed by atoms with Crippen LogP contribution in [0.2, 0.25) is 0 Å². The molecule has 2 aromatic carbocycles. The molecule has 0 radical (unpaired) electrons. The average Bonchev–Trinajstić information content (AvgIpc) is 2.94. The maximum atomic E-state index is 13.7. The molecular weight excluding hydrogens is 520 g/mol. The van der Waals surface area contributed by atoms with Gasteiger partial charge in [0.1, 0.15) is 24.4 Å². The highest BCUT2D eigenvalue weighted by Gasteiger charge is 2.38. The lowest BCUT2D eigenvalue weighted by molar-refractivity contribution is -0.146. The number of amides is 3. The predicted molar refractivity (Wildman–Crippen MR) is 160 cm³/mol. The summed E-state index contributed by atoms with van der Waals surface area (Å²) in [4.78, 5) is 42.3. The Morgan fingerprint density at radius 3 is 2.22 bits per heavy atom. The fourth-order valence-electron chi connectivity index (χ4n) is 5.29. The van der Waals surface area contributed by atoms with Crippen LogP contribution in [0, 0.1) is 5.92 Å². The van der Waals surface area contributed by atoms with E-state index in [1.54, 1.807) is 0 Å². The SMILES string of the molecule is CC(C)[C@@H]1NCCOc2ccccc2CC[C@@H](C)NC(=O)[C@@H]([C@@H](C)c2ccccc2)NC(=O)[C@H](C(C)O)N(C)C1=O. The molecule has 9 heteroatoms. The van der Waals surface area contributed by atoms with Crippen LogP contribution >= 0.6 is 0 Å². The van der Waals surface area contributed by atoms with Gasteiger partial charge in [0, 0.05) is 25.6 Å². The Morgan fingerprint density at radius 2 is 1.56 bits per heavy atom.